The second kappa shape index (κ2) is 4.74. The number of piperidine rings is 1. The molecule has 1 aromatic carbocycles. The highest BCUT2D eigenvalue weighted by atomic mass is 16.5. The fraction of sp³-hybridized carbons (Fsp3) is 0.684. The topological polar surface area (TPSA) is 12.5 Å². The highest BCUT2D eigenvalue weighted by Crippen LogP contribution is 2.56. The van der Waals surface area contributed by atoms with Crippen LogP contribution in [0.5, 0.6) is 5.75 Å². The first kappa shape index (κ1) is 4.50. The Morgan fingerprint density at radius 1 is 1.48 bits per heavy atom. The van der Waals surface area contributed by atoms with E-state index >= 15 is 0 Å². The number of ether oxygens (including phenoxy) is 1. The average molecular weight is 303 g/mol. The van der Waals surface area contributed by atoms with Crippen LogP contribution in [-0.4, -0.2) is 31.6 Å². The van der Waals surface area contributed by atoms with E-state index in [4.69, 9.17) is 26.7 Å². The molecular formula is C19H27NO. The van der Waals surface area contributed by atoms with Gasteiger partial charge in [-0.05, 0) is 80.4 Å². The van der Waals surface area contributed by atoms with E-state index in [2.05, 4.69) is 0 Å². The normalized spacial score (nSPS) is 71.8. The zero-order valence-electron chi connectivity index (χ0n) is 28.9. The Kier molecular flexibility index (Phi) is 1.02. The first-order valence-corrected chi connectivity index (χ1v) is 6.62. The molecule has 0 spiro atoms. The summed E-state index contributed by atoms with van der Waals surface area (Å²) in [6, 6.07) is -5.34. The van der Waals surface area contributed by atoms with Gasteiger partial charge in [-0.15, -0.1) is 0 Å². The van der Waals surface area contributed by atoms with Crippen molar-refractivity contribution in [2.75, 3.05) is 20.7 Å². The molecule has 2 nitrogen and oxygen atoms in total. The Labute approximate surface area is 152 Å². The lowest BCUT2D eigenvalue weighted by molar-refractivity contribution is -0.0112. The third-order valence-corrected chi connectivity index (χ3v) is 3.89. The van der Waals surface area contributed by atoms with Crippen LogP contribution in [0.3, 0.4) is 0 Å². The van der Waals surface area contributed by atoms with Crippen molar-refractivity contribution in [3.8, 4) is 5.75 Å². The summed E-state index contributed by atoms with van der Waals surface area (Å²) in [5.41, 5.74) is -5.77. The second-order valence-electron chi connectivity index (χ2n) is 5.22. The fourth-order valence-corrected chi connectivity index (χ4v) is 2.83. The van der Waals surface area contributed by atoms with Crippen molar-refractivity contribution < 1.29 is 28.0 Å². The molecule has 0 radical (unpaired) electrons. The Morgan fingerprint density at radius 3 is 3.14 bits per heavy atom. The molecule has 0 N–H and O–H groups in total. The number of fused-ring (bicyclic) bond motifs is 1. The quantitative estimate of drug-likeness (QED) is 0.785. The minimum absolute atomic E-state index is 0.406. The Balaban J connectivity index is 2.52. The van der Waals surface area contributed by atoms with Gasteiger partial charge in [0.15, 0.2) is 0 Å². The molecule has 1 aromatic rings. The molecule has 2 bridgehead atoms. The number of likely N-dealkylation sites (tertiary alicyclic amines) is 1. The van der Waals surface area contributed by atoms with Crippen molar-refractivity contribution in [1.82, 2.24) is 4.90 Å². The summed E-state index contributed by atoms with van der Waals surface area (Å²) in [4.78, 5) is 0.406. The van der Waals surface area contributed by atoms with Crippen molar-refractivity contribution in [2.45, 2.75) is 50.2 Å². The molecule has 2 heteroatoms. The number of benzene rings is 1. The van der Waals surface area contributed by atoms with Crippen LogP contribution >= 0.6 is 0 Å². The molecule has 2 aliphatic carbocycles. The van der Waals surface area contributed by atoms with Crippen LogP contribution in [0.1, 0.15) is 66.8 Å². The van der Waals surface area contributed by atoms with E-state index in [1.807, 2.05) is 0 Å². The third kappa shape index (κ3) is 1.88. The Bertz CT molecular complexity index is 1240. The van der Waals surface area contributed by atoms with Crippen LogP contribution in [0.15, 0.2) is 18.1 Å². The smallest absolute Gasteiger partial charge is 0.119 e. The van der Waals surface area contributed by atoms with Crippen molar-refractivity contribution in [1.29, 1.82) is 0 Å². The van der Waals surface area contributed by atoms with Gasteiger partial charge < -0.3 is 9.64 Å². The number of methoxy groups -OCH3 is 1. The maximum absolute atomic E-state index is 9.65. The van der Waals surface area contributed by atoms with Gasteiger partial charge in [0.25, 0.3) is 0 Å². The molecule has 0 aromatic heterocycles. The molecule has 1 saturated carbocycles. The van der Waals surface area contributed by atoms with E-state index in [0.717, 1.165) is 14.2 Å². The van der Waals surface area contributed by atoms with Gasteiger partial charge in [-0.3, -0.25) is 0 Å². The first-order chi connectivity index (χ1) is 16.7. The largest absolute Gasteiger partial charge is 0.497 e. The lowest BCUT2D eigenvalue weighted by atomic mass is 9.51. The first-order valence-electron chi connectivity index (χ1n) is 15.1. The highest BCUT2D eigenvalue weighted by molar-refractivity contribution is 5.45. The van der Waals surface area contributed by atoms with Gasteiger partial charge in [-0.2, -0.15) is 0 Å². The standard InChI is InChI=1S/C19H27NO/c1-13-6-7-19-8-9-20(2)18(17(19)10-13)11-14-4-5-15(21-3)12-16(14)19/h4-5,12-13,17-18H,6-11H2,1-3H3/t13?,17-,18+,19-/m1/s1/i4D,5D,6D2,7D2,8D2,9D2,10D2,11D2,12D,13D,17D. The molecule has 1 saturated heterocycles. The van der Waals surface area contributed by atoms with E-state index in [9.17, 15) is 1.37 Å². The summed E-state index contributed by atoms with van der Waals surface area (Å²) in [6.07, 6.45) is -18.1. The fourth-order valence-electron chi connectivity index (χ4n) is 2.83. The molecule has 3 aliphatic rings. The van der Waals surface area contributed by atoms with Crippen LogP contribution in [0.2, 0.25) is 0 Å². The summed E-state index contributed by atoms with van der Waals surface area (Å²) >= 11 is 0. The van der Waals surface area contributed by atoms with Gasteiger partial charge >= 0.3 is 0 Å². The average Bonchev–Trinajstić information content (AvgIpc) is 2.74. The van der Waals surface area contributed by atoms with Crippen molar-refractivity contribution in [3.05, 3.63) is 29.3 Å². The number of rotatable bonds is 1. The molecule has 4 atom stereocenters. The lowest BCUT2D eigenvalue weighted by Crippen LogP contribution is -2.60. The number of hydrogen-bond acceptors (Lipinski definition) is 2. The van der Waals surface area contributed by atoms with Crippen LogP contribution in [-0.2, 0) is 11.8 Å². The van der Waals surface area contributed by atoms with Crippen molar-refractivity contribution in [3.63, 3.8) is 0 Å². The SMILES string of the molecule is [2H]c1c([2H])c2c(c([2H])c1OC)[C@@]13C([2H])([2H])C([2H])([2H])N(C)[C@@H](C2([2H])[2H])[C@@]1([2H])C([2H])([2H])C([2H])(C)C([2H])([2H])C3([2H])[2H]. The number of likely N-dealkylation sites (N-methyl/N-ethyl adjacent to an activating group) is 1. The van der Waals surface area contributed by atoms with Crippen LogP contribution in [0.25, 0.3) is 0 Å². The van der Waals surface area contributed by atoms with Gasteiger partial charge in [-0.1, -0.05) is 13.0 Å². The third-order valence-electron chi connectivity index (χ3n) is 3.89. The summed E-state index contributed by atoms with van der Waals surface area (Å²) in [6.45, 7) is -2.70. The summed E-state index contributed by atoms with van der Waals surface area (Å²) < 4.78 is 156. The molecule has 0 amide bonds. The van der Waals surface area contributed by atoms with E-state index < -0.39 is 96.6 Å². The molecule has 1 aliphatic heterocycles. The van der Waals surface area contributed by atoms with Gasteiger partial charge in [0.05, 0.1) is 11.2 Å². The van der Waals surface area contributed by atoms with Gasteiger partial charge in [0.1, 0.15) is 5.75 Å². The molecule has 1 heterocycles. The lowest BCUT2D eigenvalue weighted by Gasteiger charge is -2.59. The van der Waals surface area contributed by atoms with Crippen LogP contribution < -0.4 is 4.74 Å². The van der Waals surface area contributed by atoms with Crippen LogP contribution in [0.4, 0.5) is 0 Å². The molecule has 1 unspecified atom stereocenters. The molecule has 114 valence electrons. The summed E-state index contributed by atoms with van der Waals surface area (Å²) in [5.74, 6) is -7.43. The molecule has 4 rings (SSSR count). The maximum Gasteiger partial charge on any atom is 0.119 e. The van der Waals surface area contributed by atoms with E-state index in [-0.39, 0.29) is 0 Å². The van der Waals surface area contributed by atoms with Gasteiger partial charge in [0, 0.05) is 30.6 Å². The zero-order chi connectivity index (χ0) is 29.8. The highest BCUT2D eigenvalue weighted by Gasteiger charge is 2.54. The predicted molar refractivity (Wildman–Crippen MR) is 85.9 cm³/mol. The van der Waals surface area contributed by atoms with Crippen molar-refractivity contribution in [2.24, 2.45) is 11.8 Å². The number of hydrogen-bond donors (Lipinski definition) is 0. The summed E-state index contributed by atoms with van der Waals surface area (Å²) in [5, 5.41) is 0. The maximum atomic E-state index is 9.65. The second-order valence-corrected chi connectivity index (χ2v) is 5.22. The molecular weight excluding hydrogens is 258 g/mol. The monoisotopic (exact) mass is 302 g/mol. The van der Waals surface area contributed by atoms with E-state index in [1.54, 1.807) is 0 Å². The summed E-state index contributed by atoms with van der Waals surface area (Å²) in [7, 11) is 1.85. The van der Waals surface area contributed by atoms with Gasteiger partial charge in [-0.25, -0.2) is 0 Å². The Morgan fingerprint density at radius 2 is 2.33 bits per heavy atom. The molecule has 21 heavy (non-hydrogen) atoms. The van der Waals surface area contributed by atoms with Gasteiger partial charge in [0.2, 0.25) is 0 Å². The van der Waals surface area contributed by atoms with E-state index in [0.29, 0.717) is 11.8 Å². The zero-order valence-corrected chi connectivity index (χ0v) is 11.9. The molecule has 2 fully saturated rings. The Hall–Kier alpha value is -1.02. The van der Waals surface area contributed by atoms with Crippen molar-refractivity contribution >= 4 is 0 Å². The predicted octanol–water partition coefficient (Wildman–Crippen LogP) is 3.63. The van der Waals surface area contributed by atoms with Crippen LogP contribution in [0, 0.1) is 11.8 Å². The number of nitrogens with zero attached hydrogens (tertiary/aromatic N) is 1. The minimum atomic E-state index is -3.86. The minimum Gasteiger partial charge on any atom is -0.497 e. The van der Waals surface area contributed by atoms with E-state index in [1.165, 1.54) is 0 Å².